The Labute approximate surface area is 141 Å². The molecule has 3 rings (SSSR count). The quantitative estimate of drug-likeness (QED) is 0.850. The van der Waals surface area contributed by atoms with Gasteiger partial charge in [0.1, 0.15) is 6.04 Å². The van der Waals surface area contributed by atoms with Gasteiger partial charge in [0, 0.05) is 5.92 Å². The molecule has 1 aromatic carbocycles. The summed E-state index contributed by atoms with van der Waals surface area (Å²) in [6.07, 6.45) is 3.79. The summed E-state index contributed by atoms with van der Waals surface area (Å²) < 4.78 is 5.29. The molecule has 1 aliphatic rings. The Morgan fingerprint density at radius 2 is 2.04 bits per heavy atom. The summed E-state index contributed by atoms with van der Waals surface area (Å²) in [6.45, 7) is 1.80. The Morgan fingerprint density at radius 1 is 1.33 bits per heavy atom. The van der Waals surface area contributed by atoms with Crippen LogP contribution in [0, 0.1) is 0 Å². The van der Waals surface area contributed by atoms with Crippen molar-refractivity contribution in [1.29, 1.82) is 0 Å². The molecule has 1 fully saturated rings. The molecule has 0 radical (unpaired) electrons. The van der Waals surface area contributed by atoms with Crippen molar-refractivity contribution in [2.24, 2.45) is 0 Å². The first-order chi connectivity index (χ1) is 11.6. The van der Waals surface area contributed by atoms with Crippen molar-refractivity contribution in [3.8, 4) is 0 Å². The van der Waals surface area contributed by atoms with Crippen LogP contribution in [0.5, 0.6) is 0 Å². The molecule has 1 saturated carbocycles. The third kappa shape index (κ3) is 4.00. The summed E-state index contributed by atoms with van der Waals surface area (Å²) in [6, 6.07) is 8.77. The Morgan fingerprint density at radius 3 is 2.75 bits per heavy atom. The van der Waals surface area contributed by atoms with Gasteiger partial charge in [-0.25, -0.2) is 0 Å². The number of benzene rings is 1. The fourth-order valence-corrected chi connectivity index (χ4v) is 3.10. The van der Waals surface area contributed by atoms with Crippen LogP contribution >= 0.6 is 0 Å². The van der Waals surface area contributed by atoms with Crippen molar-refractivity contribution in [3.63, 3.8) is 0 Å². The van der Waals surface area contributed by atoms with E-state index < -0.39 is 6.10 Å². The lowest BCUT2D eigenvalue weighted by molar-refractivity contribution is -0.123. The van der Waals surface area contributed by atoms with E-state index in [4.69, 9.17) is 4.52 Å². The van der Waals surface area contributed by atoms with Crippen LogP contribution in [0.4, 0.5) is 0 Å². The van der Waals surface area contributed by atoms with Crippen molar-refractivity contribution < 1.29 is 14.4 Å². The molecule has 1 amide bonds. The van der Waals surface area contributed by atoms with E-state index >= 15 is 0 Å². The Kier molecular flexibility index (Phi) is 5.25. The zero-order valence-corrected chi connectivity index (χ0v) is 13.8. The lowest BCUT2D eigenvalue weighted by Crippen LogP contribution is -2.28. The zero-order valence-electron chi connectivity index (χ0n) is 13.8. The van der Waals surface area contributed by atoms with E-state index in [1.165, 1.54) is 12.8 Å². The maximum atomic E-state index is 12.1. The molecular formula is C18H23N3O3. The molecule has 1 aromatic heterocycles. The number of carbonyl (C=O) groups excluding carboxylic acids is 1. The largest absolute Gasteiger partial charge is 0.388 e. The molecule has 0 saturated heterocycles. The van der Waals surface area contributed by atoms with Crippen molar-refractivity contribution >= 4 is 5.91 Å². The minimum Gasteiger partial charge on any atom is -0.388 e. The van der Waals surface area contributed by atoms with Gasteiger partial charge >= 0.3 is 0 Å². The third-order valence-electron chi connectivity index (χ3n) is 4.49. The predicted octanol–water partition coefficient (Wildman–Crippen LogP) is 3.03. The summed E-state index contributed by atoms with van der Waals surface area (Å²) in [5, 5.41) is 17.0. The summed E-state index contributed by atoms with van der Waals surface area (Å²) >= 11 is 0. The van der Waals surface area contributed by atoms with Crippen LogP contribution in [0.25, 0.3) is 0 Å². The van der Waals surface area contributed by atoms with Gasteiger partial charge in [0.05, 0.1) is 12.5 Å². The maximum absolute atomic E-state index is 12.1. The molecule has 128 valence electrons. The number of aromatic nitrogens is 2. The van der Waals surface area contributed by atoms with Crippen molar-refractivity contribution in [2.45, 2.75) is 57.1 Å². The Hall–Kier alpha value is -2.21. The van der Waals surface area contributed by atoms with E-state index in [9.17, 15) is 9.90 Å². The summed E-state index contributed by atoms with van der Waals surface area (Å²) in [7, 11) is 0. The molecule has 0 spiro atoms. The summed E-state index contributed by atoms with van der Waals surface area (Å²) in [5.41, 5.74) is 0.724. The van der Waals surface area contributed by atoms with Gasteiger partial charge in [-0.15, -0.1) is 0 Å². The van der Waals surface area contributed by atoms with Crippen LogP contribution in [0.15, 0.2) is 34.9 Å². The SMILES string of the molecule is CC(NC(=O)CC(O)c1ccccc1)c1nc(C2CCCC2)no1. The summed E-state index contributed by atoms with van der Waals surface area (Å²) in [5.74, 6) is 1.29. The molecule has 0 bridgehead atoms. The van der Waals surface area contributed by atoms with Crippen LogP contribution < -0.4 is 5.32 Å². The van der Waals surface area contributed by atoms with Crippen LogP contribution in [0.2, 0.25) is 0 Å². The molecular weight excluding hydrogens is 306 g/mol. The molecule has 0 aliphatic heterocycles. The first-order valence-corrected chi connectivity index (χ1v) is 8.49. The average Bonchev–Trinajstić information content (AvgIpc) is 3.26. The number of aliphatic hydroxyl groups excluding tert-OH is 1. The van der Waals surface area contributed by atoms with Crippen LogP contribution in [-0.4, -0.2) is 21.2 Å². The second-order valence-corrected chi connectivity index (χ2v) is 6.39. The Bertz CT molecular complexity index is 665. The minimum absolute atomic E-state index is 0.00201. The number of rotatable bonds is 6. The average molecular weight is 329 g/mol. The van der Waals surface area contributed by atoms with E-state index in [0.717, 1.165) is 24.2 Å². The number of nitrogens with zero attached hydrogens (tertiary/aromatic N) is 2. The monoisotopic (exact) mass is 329 g/mol. The number of hydrogen-bond acceptors (Lipinski definition) is 5. The molecule has 2 atom stereocenters. The van der Waals surface area contributed by atoms with E-state index in [1.54, 1.807) is 19.1 Å². The number of carbonyl (C=O) groups is 1. The number of amides is 1. The first-order valence-electron chi connectivity index (χ1n) is 8.49. The van der Waals surface area contributed by atoms with Gasteiger partial charge < -0.3 is 14.9 Å². The van der Waals surface area contributed by atoms with Crippen molar-refractivity contribution in [2.75, 3.05) is 0 Å². The second-order valence-electron chi connectivity index (χ2n) is 6.39. The topological polar surface area (TPSA) is 88.2 Å². The molecule has 2 N–H and O–H groups in total. The molecule has 6 nitrogen and oxygen atoms in total. The van der Waals surface area contributed by atoms with Gasteiger partial charge in [0.25, 0.3) is 0 Å². The van der Waals surface area contributed by atoms with E-state index in [0.29, 0.717) is 11.8 Å². The highest BCUT2D eigenvalue weighted by Crippen LogP contribution is 2.32. The fraction of sp³-hybridized carbons (Fsp3) is 0.500. The highest BCUT2D eigenvalue weighted by molar-refractivity contribution is 5.77. The first kappa shape index (κ1) is 16.6. The second kappa shape index (κ2) is 7.57. The molecule has 1 aliphatic carbocycles. The lowest BCUT2D eigenvalue weighted by Gasteiger charge is -2.13. The van der Waals surface area contributed by atoms with E-state index in [-0.39, 0.29) is 18.4 Å². The highest BCUT2D eigenvalue weighted by atomic mass is 16.5. The van der Waals surface area contributed by atoms with Crippen molar-refractivity contribution in [3.05, 3.63) is 47.6 Å². The van der Waals surface area contributed by atoms with Crippen LogP contribution in [-0.2, 0) is 4.79 Å². The molecule has 2 aromatic rings. The van der Waals surface area contributed by atoms with Gasteiger partial charge in [-0.05, 0) is 25.3 Å². The van der Waals surface area contributed by atoms with Crippen LogP contribution in [0.1, 0.15) is 74.4 Å². The van der Waals surface area contributed by atoms with Gasteiger partial charge in [-0.1, -0.05) is 48.3 Å². The summed E-state index contributed by atoms with van der Waals surface area (Å²) in [4.78, 5) is 16.5. The standard InChI is InChI=1S/C18H23N3O3/c1-12(18-20-17(21-24-18)14-9-5-6-10-14)19-16(23)11-15(22)13-7-3-2-4-8-13/h2-4,7-8,12,14-15,22H,5-6,9-11H2,1H3,(H,19,23). The Balaban J connectivity index is 1.54. The van der Waals surface area contributed by atoms with Gasteiger partial charge in [-0.2, -0.15) is 4.98 Å². The third-order valence-corrected chi connectivity index (χ3v) is 4.49. The van der Waals surface area contributed by atoms with Crippen LogP contribution in [0.3, 0.4) is 0 Å². The number of aliphatic hydroxyl groups is 1. The predicted molar refractivity (Wildman–Crippen MR) is 88.1 cm³/mol. The van der Waals surface area contributed by atoms with E-state index in [1.807, 2.05) is 18.2 Å². The molecule has 1 heterocycles. The molecule has 2 unspecified atom stereocenters. The number of nitrogens with one attached hydrogen (secondary N) is 1. The van der Waals surface area contributed by atoms with Gasteiger partial charge in [0.15, 0.2) is 5.82 Å². The molecule has 24 heavy (non-hydrogen) atoms. The van der Waals surface area contributed by atoms with Gasteiger partial charge in [0.2, 0.25) is 11.8 Å². The lowest BCUT2D eigenvalue weighted by atomic mass is 10.1. The normalized spacial score (nSPS) is 17.6. The zero-order chi connectivity index (χ0) is 16.9. The smallest absolute Gasteiger partial charge is 0.248 e. The van der Waals surface area contributed by atoms with Gasteiger partial charge in [-0.3, -0.25) is 4.79 Å². The maximum Gasteiger partial charge on any atom is 0.248 e. The van der Waals surface area contributed by atoms with E-state index in [2.05, 4.69) is 15.5 Å². The highest BCUT2D eigenvalue weighted by Gasteiger charge is 2.24. The molecule has 6 heteroatoms. The number of hydrogen-bond donors (Lipinski definition) is 2. The van der Waals surface area contributed by atoms with Crippen molar-refractivity contribution in [1.82, 2.24) is 15.5 Å². The fourth-order valence-electron chi connectivity index (χ4n) is 3.10. The minimum atomic E-state index is -0.824.